The molecule has 0 unspecified atom stereocenters. The molecule has 33 heavy (non-hydrogen) atoms. The highest BCUT2D eigenvalue weighted by atomic mass is 35.5. The van der Waals surface area contributed by atoms with Gasteiger partial charge in [-0.2, -0.15) is 5.26 Å². The maximum absolute atomic E-state index is 13.2. The highest BCUT2D eigenvalue weighted by molar-refractivity contribution is 6.30. The Labute approximate surface area is 202 Å². The van der Waals surface area contributed by atoms with Gasteiger partial charge in [-0.1, -0.05) is 47.5 Å². The normalized spacial score (nSPS) is 24.6. The average molecular weight is 490 g/mol. The zero-order valence-electron chi connectivity index (χ0n) is 18.2. The highest BCUT2D eigenvalue weighted by Gasteiger charge is 2.63. The van der Waals surface area contributed by atoms with E-state index in [1.54, 1.807) is 42.5 Å². The van der Waals surface area contributed by atoms with Crippen molar-refractivity contribution in [3.05, 3.63) is 69.7 Å². The number of rotatable bonds is 7. The third-order valence-electron chi connectivity index (χ3n) is 6.09. The second-order valence-corrected chi connectivity index (χ2v) is 9.53. The van der Waals surface area contributed by atoms with Crippen molar-refractivity contribution in [3.63, 3.8) is 0 Å². The van der Waals surface area contributed by atoms with Crippen LogP contribution in [0.25, 0.3) is 0 Å². The Kier molecular flexibility index (Phi) is 7.35. The summed E-state index contributed by atoms with van der Waals surface area (Å²) in [5, 5.41) is 24.8. The first-order valence-electron chi connectivity index (χ1n) is 10.4. The summed E-state index contributed by atoms with van der Waals surface area (Å²) in [6.07, 6.45) is -1.55. The number of ether oxygens (including phenoxy) is 1. The Bertz CT molecular complexity index is 1080. The molecule has 4 atom stereocenters. The fraction of sp³-hybridized carbons (Fsp3) is 0.375. The van der Waals surface area contributed by atoms with Crippen molar-refractivity contribution in [2.24, 2.45) is 5.73 Å². The Balaban J connectivity index is 2.09. The lowest BCUT2D eigenvalue weighted by Gasteiger charge is -2.39. The van der Waals surface area contributed by atoms with Gasteiger partial charge in [-0.05, 0) is 49.2 Å². The molecule has 0 spiro atoms. The van der Waals surface area contributed by atoms with Gasteiger partial charge in [0, 0.05) is 21.5 Å². The van der Waals surface area contributed by atoms with Gasteiger partial charge in [0.2, 0.25) is 5.91 Å². The summed E-state index contributed by atoms with van der Waals surface area (Å²) in [5.74, 6) is -2.05. The van der Waals surface area contributed by atoms with Crippen molar-refractivity contribution in [3.8, 4) is 6.07 Å². The number of amides is 1. The Morgan fingerprint density at radius 1 is 1.21 bits per heavy atom. The Hall–Kier alpha value is -2.63. The summed E-state index contributed by atoms with van der Waals surface area (Å²) in [6, 6.07) is 15.5. The number of aliphatic hydroxyl groups is 1. The number of nitrogens with two attached hydrogens (primary N) is 1. The third kappa shape index (κ3) is 4.85. The van der Waals surface area contributed by atoms with Gasteiger partial charge in [0.05, 0.1) is 18.6 Å². The van der Waals surface area contributed by atoms with Gasteiger partial charge in [-0.15, -0.1) is 0 Å². The van der Waals surface area contributed by atoms with Gasteiger partial charge in [-0.25, -0.2) is 0 Å². The molecule has 0 bridgehead atoms. The number of esters is 1. The van der Waals surface area contributed by atoms with Gasteiger partial charge in [-0.3, -0.25) is 14.9 Å². The van der Waals surface area contributed by atoms with Crippen LogP contribution in [0.15, 0.2) is 48.5 Å². The van der Waals surface area contributed by atoms with Crippen LogP contribution in [-0.4, -0.2) is 41.3 Å². The number of hydrogen-bond acceptors (Lipinski definition) is 6. The summed E-state index contributed by atoms with van der Waals surface area (Å²) >= 11 is 12.4. The first kappa shape index (κ1) is 25.0. The van der Waals surface area contributed by atoms with E-state index >= 15 is 0 Å². The maximum atomic E-state index is 13.2. The largest absolute Gasteiger partial charge is 0.462 e. The number of nitrogens with one attached hydrogen (secondary N) is 1. The van der Waals surface area contributed by atoms with Crippen molar-refractivity contribution >= 4 is 35.1 Å². The van der Waals surface area contributed by atoms with E-state index in [-0.39, 0.29) is 6.42 Å². The van der Waals surface area contributed by atoms with Crippen LogP contribution in [0, 0.1) is 11.3 Å². The van der Waals surface area contributed by atoms with Gasteiger partial charge >= 0.3 is 5.97 Å². The predicted molar refractivity (Wildman–Crippen MR) is 125 cm³/mol. The third-order valence-corrected chi connectivity index (χ3v) is 6.58. The minimum Gasteiger partial charge on any atom is -0.462 e. The number of halogens is 2. The average Bonchev–Trinajstić information content (AvgIpc) is 2.99. The number of nitrogens with zero attached hydrogens (tertiary/aromatic N) is 1. The van der Waals surface area contributed by atoms with E-state index in [1.807, 2.05) is 19.9 Å². The lowest BCUT2D eigenvalue weighted by molar-refractivity contribution is -0.150. The van der Waals surface area contributed by atoms with Crippen molar-refractivity contribution in [2.45, 2.75) is 49.3 Å². The summed E-state index contributed by atoms with van der Waals surface area (Å²) in [6.45, 7) is 3.29. The number of benzene rings is 2. The van der Waals surface area contributed by atoms with E-state index in [9.17, 15) is 20.0 Å². The van der Waals surface area contributed by atoms with E-state index in [4.69, 9.17) is 33.7 Å². The quantitative estimate of drug-likeness (QED) is 0.513. The molecule has 7 nitrogen and oxygen atoms in total. The standard InChI is InChI=1S/C24H25Cl2N3O4/c1-23(2)24(13-27,15-6-8-16(25)9-7-15)20(14-4-3-5-17(26)10-14)21(29-23)22(32)33-12-18(30)11-19(28)31/h3-10,18,20-21,29-30H,11-12H2,1-2H3,(H2,28,31)/t18-,20-,21+,24+/m0/s1. The molecule has 1 aliphatic rings. The monoisotopic (exact) mass is 489 g/mol. The maximum Gasteiger partial charge on any atom is 0.323 e. The van der Waals surface area contributed by atoms with Crippen molar-refractivity contribution in [2.75, 3.05) is 6.61 Å². The summed E-state index contributed by atoms with van der Waals surface area (Å²) < 4.78 is 5.33. The molecule has 2 aromatic carbocycles. The molecule has 4 N–H and O–H groups in total. The molecule has 1 fully saturated rings. The topological polar surface area (TPSA) is 125 Å². The molecule has 0 aromatic heterocycles. The van der Waals surface area contributed by atoms with Gasteiger partial charge in [0.15, 0.2) is 0 Å². The number of primary amides is 1. The molecule has 0 aliphatic carbocycles. The van der Waals surface area contributed by atoms with Crippen LogP contribution in [0.2, 0.25) is 10.0 Å². The first-order valence-corrected chi connectivity index (χ1v) is 11.1. The van der Waals surface area contributed by atoms with Crippen LogP contribution in [0.5, 0.6) is 0 Å². The zero-order chi connectivity index (χ0) is 24.4. The molecule has 0 radical (unpaired) electrons. The summed E-state index contributed by atoms with van der Waals surface area (Å²) in [5.41, 5.74) is 4.37. The molecule has 174 valence electrons. The van der Waals surface area contributed by atoms with Crippen LogP contribution in [-0.2, 0) is 19.7 Å². The minimum absolute atomic E-state index is 0.332. The number of carbonyl (C=O) groups is 2. The number of aliphatic hydroxyl groups excluding tert-OH is 1. The van der Waals surface area contributed by atoms with Crippen LogP contribution in [0.4, 0.5) is 0 Å². The minimum atomic E-state index is -1.22. The predicted octanol–water partition coefficient (Wildman–Crippen LogP) is 3.07. The fourth-order valence-corrected chi connectivity index (χ4v) is 4.97. The molecule has 1 aliphatic heterocycles. The first-order chi connectivity index (χ1) is 15.5. The van der Waals surface area contributed by atoms with Gasteiger partial charge in [0.1, 0.15) is 18.1 Å². The molecule has 0 saturated carbocycles. The van der Waals surface area contributed by atoms with Crippen molar-refractivity contribution < 1.29 is 19.4 Å². The Morgan fingerprint density at radius 2 is 1.88 bits per heavy atom. The smallest absolute Gasteiger partial charge is 0.323 e. The number of hydrogen-bond donors (Lipinski definition) is 3. The van der Waals surface area contributed by atoms with Crippen molar-refractivity contribution in [1.29, 1.82) is 5.26 Å². The van der Waals surface area contributed by atoms with E-state index in [0.29, 0.717) is 21.2 Å². The molecule has 2 aromatic rings. The number of carbonyl (C=O) groups excluding carboxylic acids is 2. The fourth-order valence-electron chi connectivity index (χ4n) is 4.65. The molecule has 3 rings (SSSR count). The second kappa shape index (κ2) is 9.70. The Morgan fingerprint density at radius 3 is 2.45 bits per heavy atom. The van der Waals surface area contributed by atoms with E-state index in [1.165, 1.54) is 0 Å². The van der Waals surface area contributed by atoms with Crippen LogP contribution in [0.3, 0.4) is 0 Å². The second-order valence-electron chi connectivity index (χ2n) is 8.66. The molecule has 9 heteroatoms. The summed E-state index contributed by atoms with van der Waals surface area (Å²) in [4.78, 5) is 24.2. The van der Waals surface area contributed by atoms with Crippen LogP contribution < -0.4 is 11.1 Å². The van der Waals surface area contributed by atoms with E-state index < -0.39 is 47.5 Å². The lowest BCUT2D eigenvalue weighted by atomic mass is 9.60. The highest BCUT2D eigenvalue weighted by Crippen LogP contribution is 2.53. The molecule has 1 amide bonds. The van der Waals surface area contributed by atoms with Crippen molar-refractivity contribution in [1.82, 2.24) is 5.32 Å². The molecule has 1 saturated heterocycles. The summed E-state index contributed by atoms with van der Waals surface area (Å²) in [7, 11) is 0. The van der Waals surface area contributed by atoms with Crippen LogP contribution in [0.1, 0.15) is 37.3 Å². The van der Waals surface area contributed by atoms with E-state index in [2.05, 4.69) is 11.4 Å². The lowest BCUT2D eigenvalue weighted by Crippen LogP contribution is -2.51. The molecular formula is C24H25Cl2N3O4. The van der Waals surface area contributed by atoms with Gasteiger partial charge in [0.25, 0.3) is 0 Å². The molecular weight excluding hydrogens is 465 g/mol. The van der Waals surface area contributed by atoms with Gasteiger partial charge < -0.3 is 15.6 Å². The molecule has 1 heterocycles. The zero-order valence-corrected chi connectivity index (χ0v) is 19.7. The van der Waals surface area contributed by atoms with Crippen LogP contribution >= 0.6 is 23.2 Å². The SMILES string of the molecule is CC1(C)N[C@@H](C(=O)OC[C@@H](O)CC(N)=O)[C@H](c2cccc(Cl)c2)[C@@]1(C#N)c1ccc(Cl)cc1. The number of nitriles is 1. The van der Waals surface area contributed by atoms with E-state index in [0.717, 1.165) is 0 Å².